The number of hydrogen-bond donors (Lipinski definition) is 0. The first-order chi connectivity index (χ1) is 7.86. The van der Waals surface area contributed by atoms with Gasteiger partial charge in [-0.3, -0.25) is 0 Å². The van der Waals surface area contributed by atoms with Gasteiger partial charge in [0.05, 0.1) is 0 Å². The molecule has 0 unspecified atom stereocenters. The van der Waals surface area contributed by atoms with Crippen LogP contribution in [0.15, 0.2) is 0 Å². The molecule has 0 bridgehead atoms. The Bertz CT molecular complexity index is 84.6. The van der Waals surface area contributed by atoms with Crippen LogP contribution in [0.25, 0.3) is 0 Å². The molecule has 0 aromatic carbocycles. The van der Waals surface area contributed by atoms with Gasteiger partial charge in [0.2, 0.25) is 0 Å². The minimum atomic E-state index is 1.09. The third-order valence-corrected chi connectivity index (χ3v) is 3.36. The van der Waals surface area contributed by atoms with E-state index < -0.39 is 0 Å². The molecule has 0 saturated heterocycles. The van der Waals surface area contributed by atoms with Crippen molar-refractivity contribution in [2.75, 3.05) is 0 Å². The van der Waals surface area contributed by atoms with Crippen LogP contribution < -0.4 is 0 Å². The Kier molecular flexibility index (Phi) is 17.2. The van der Waals surface area contributed by atoms with Crippen molar-refractivity contribution in [3.05, 3.63) is 0 Å². The van der Waals surface area contributed by atoms with Gasteiger partial charge in [-0.2, -0.15) is 0 Å². The van der Waals surface area contributed by atoms with Gasteiger partial charge in [-0.25, -0.2) is 0 Å². The van der Waals surface area contributed by atoms with Crippen molar-refractivity contribution in [3.63, 3.8) is 0 Å². The van der Waals surface area contributed by atoms with Gasteiger partial charge in [-0.05, 0) is 11.8 Å². The lowest BCUT2D eigenvalue weighted by atomic mass is 9.78. The van der Waals surface area contributed by atoms with Crippen molar-refractivity contribution in [1.82, 2.24) is 0 Å². The van der Waals surface area contributed by atoms with Crippen molar-refractivity contribution < 1.29 is 0 Å². The molecular weight excluding hydrogens is 192 g/mol. The number of rotatable bonds is 4. The van der Waals surface area contributed by atoms with Gasteiger partial charge in [-0.15, -0.1) is 0 Å². The van der Waals surface area contributed by atoms with Crippen molar-refractivity contribution in [3.8, 4) is 0 Å². The highest BCUT2D eigenvalue weighted by Crippen LogP contribution is 2.33. The summed E-state index contributed by atoms with van der Waals surface area (Å²) in [5.41, 5.74) is 0. The maximum atomic E-state index is 2.32. The van der Waals surface area contributed by atoms with Gasteiger partial charge in [0.25, 0.3) is 0 Å². The predicted octanol–water partition coefficient (Wildman–Crippen LogP) is 6.45. The highest BCUT2D eigenvalue weighted by atomic mass is 14.2. The summed E-state index contributed by atoms with van der Waals surface area (Å²) in [5.74, 6) is 2.17. The van der Waals surface area contributed by atoms with E-state index in [1.54, 1.807) is 0 Å². The van der Waals surface area contributed by atoms with E-state index in [1.165, 1.54) is 51.4 Å². The summed E-state index contributed by atoms with van der Waals surface area (Å²) in [6.45, 7) is 12.6. The van der Waals surface area contributed by atoms with E-state index in [4.69, 9.17) is 0 Å². The maximum absolute atomic E-state index is 2.32. The van der Waals surface area contributed by atoms with E-state index in [9.17, 15) is 0 Å². The van der Waals surface area contributed by atoms with Crippen molar-refractivity contribution in [2.24, 2.45) is 11.8 Å². The third kappa shape index (κ3) is 9.24. The SMILES string of the molecule is CC.CC.CCCC1CCC(CCC)CC1. The summed E-state index contributed by atoms with van der Waals surface area (Å²) in [6.07, 6.45) is 11.9. The molecule has 16 heavy (non-hydrogen) atoms. The van der Waals surface area contributed by atoms with E-state index in [0.717, 1.165) is 11.8 Å². The fourth-order valence-electron chi connectivity index (χ4n) is 2.63. The minimum absolute atomic E-state index is 1.09. The standard InChI is InChI=1S/C12H24.2C2H6/c1-3-5-11-7-9-12(6-4-2)10-8-11;2*1-2/h11-12H,3-10H2,1-2H3;2*1-2H3. The Morgan fingerprint density at radius 2 is 0.875 bits per heavy atom. The average molecular weight is 228 g/mol. The van der Waals surface area contributed by atoms with Gasteiger partial charge in [0.1, 0.15) is 0 Å². The van der Waals surface area contributed by atoms with Crippen molar-refractivity contribution in [2.45, 2.75) is 92.9 Å². The minimum Gasteiger partial charge on any atom is -0.0683 e. The van der Waals surface area contributed by atoms with Crippen LogP contribution in [0, 0.1) is 11.8 Å². The van der Waals surface area contributed by atoms with Crippen molar-refractivity contribution in [1.29, 1.82) is 0 Å². The second kappa shape index (κ2) is 15.0. The summed E-state index contributed by atoms with van der Waals surface area (Å²) < 4.78 is 0. The second-order valence-corrected chi connectivity index (χ2v) is 4.46. The fourth-order valence-corrected chi connectivity index (χ4v) is 2.63. The molecule has 100 valence electrons. The average Bonchev–Trinajstić information content (AvgIpc) is 2.37. The molecule has 1 saturated carbocycles. The molecule has 0 aromatic heterocycles. The third-order valence-electron chi connectivity index (χ3n) is 3.36. The molecule has 0 heterocycles. The van der Waals surface area contributed by atoms with Gasteiger partial charge in [0.15, 0.2) is 0 Å². The second-order valence-electron chi connectivity index (χ2n) is 4.46. The molecule has 0 nitrogen and oxygen atoms in total. The molecule has 1 aliphatic carbocycles. The van der Waals surface area contributed by atoms with E-state index in [2.05, 4.69) is 13.8 Å². The molecular formula is C16H36. The van der Waals surface area contributed by atoms with Gasteiger partial charge < -0.3 is 0 Å². The Hall–Kier alpha value is 0. The normalized spacial score (nSPS) is 23.6. The lowest BCUT2D eigenvalue weighted by Crippen LogP contribution is -2.14. The molecule has 0 amide bonds. The van der Waals surface area contributed by atoms with E-state index in [-0.39, 0.29) is 0 Å². The topological polar surface area (TPSA) is 0 Å². The Labute approximate surface area is 105 Å². The molecule has 1 aliphatic rings. The van der Waals surface area contributed by atoms with Crippen LogP contribution in [0.2, 0.25) is 0 Å². The van der Waals surface area contributed by atoms with Gasteiger partial charge >= 0.3 is 0 Å². The summed E-state index contributed by atoms with van der Waals surface area (Å²) in [6, 6.07) is 0. The molecule has 0 N–H and O–H groups in total. The summed E-state index contributed by atoms with van der Waals surface area (Å²) in [4.78, 5) is 0. The van der Waals surface area contributed by atoms with E-state index >= 15 is 0 Å². The number of hydrogen-bond acceptors (Lipinski definition) is 0. The van der Waals surface area contributed by atoms with Gasteiger partial charge in [-0.1, -0.05) is 92.9 Å². The van der Waals surface area contributed by atoms with Crippen molar-refractivity contribution >= 4 is 0 Å². The summed E-state index contributed by atoms with van der Waals surface area (Å²) in [7, 11) is 0. The molecule has 0 spiro atoms. The lowest BCUT2D eigenvalue weighted by molar-refractivity contribution is 0.251. The molecule has 0 atom stereocenters. The van der Waals surface area contributed by atoms with Crippen LogP contribution in [0.1, 0.15) is 92.9 Å². The van der Waals surface area contributed by atoms with Crippen LogP contribution in [-0.4, -0.2) is 0 Å². The first-order valence-electron chi connectivity index (χ1n) is 7.86. The smallest absolute Gasteiger partial charge is 0.0414 e. The van der Waals surface area contributed by atoms with E-state index in [1.807, 2.05) is 27.7 Å². The maximum Gasteiger partial charge on any atom is -0.0414 e. The zero-order valence-electron chi connectivity index (χ0n) is 12.8. The van der Waals surface area contributed by atoms with Crippen LogP contribution in [0.3, 0.4) is 0 Å². The first kappa shape index (κ1) is 18.4. The van der Waals surface area contributed by atoms with Crippen LogP contribution in [-0.2, 0) is 0 Å². The Morgan fingerprint density at radius 3 is 1.06 bits per heavy atom. The molecule has 0 heteroatoms. The quantitative estimate of drug-likeness (QED) is 0.519. The molecule has 0 aromatic rings. The molecule has 1 fully saturated rings. The Balaban J connectivity index is 0. The molecule has 1 rings (SSSR count). The van der Waals surface area contributed by atoms with E-state index in [0.29, 0.717) is 0 Å². The zero-order chi connectivity index (χ0) is 12.8. The summed E-state index contributed by atoms with van der Waals surface area (Å²) in [5, 5.41) is 0. The fraction of sp³-hybridized carbons (Fsp3) is 1.00. The molecule has 0 aliphatic heterocycles. The first-order valence-corrected chi connectivity index (χ1v) is 7.86. The highest BCUT2D eigenvalue weighted by Gasteiger charge is 2.19. The Morgan fingerprint density at radius 1 is 0.625 bits per heavy atom. The van der Waals surface area contributed by atoms with Crippen LogP contribution >= 0.6 is 0 Å². The predicted molar refractivity (Wildman–Crippen MR) is 78.0 cm³/mol. The summed E-state index contributed by atoms with van der Waals surface area (Å²) >= 11 is 0. The van der Waals surface area contributed by atoms with Crippen LogP contribution in [0.5, 0.6) is 0 Å². The molecule has 0 radical (unpaired) electrons. The lowest BCUT2D eigenvalue weighted by Gasteiger charge is -2.27. The van der Waals surface area contributed by atoms with Crippen LogP contribution in [0.4, 0.5) is 0 Å². The van der Waals surface area contributed by atoms with Gasteiger partial charge in [0, 0.05) is 0 Å². The highest BCUT2D eigenvalue weighted by molar-refractivity contribution is 4.71. The monoisotopic (exact) mass is 228 g/mol. The zero-order valence-corrected chi connectivity index (χ0v) is 12.8. The largest absolute Gasteiger partial charge is 0.0683 e.